The molecule has 0 saturated heterocycles. The highest BCUT2D eigenvalue weighted by Crippen LogP contribution is 2.18. The Morgan fingerprint density at radius 2 is 1.81 bits per heavy atom. The van der Waals surface area contributed by atoms with E-state index in [1.165, 1.54) is 12.3 Å². The molecule has 0 spiro atoms. The number of sulfonamides is 1. The number of nitrogens with zero attached hydrogens (tertiary/aromatic N) is 1. The number of rotatable bonds is 5. The van der Waals surface area contributed by atoms with Crippen molar-refractivity contribution in [3.8, 4) is 0 Å². The first-order chi connectivity index (χ1) is 9.87. The lowest BCUT2D eigenvalue weighted by Crippen LogP contribution is -2.13. The van der Waals surface area contributed by atoms with Gasteiger partial charge in [-0.3, -0.25) is 4.72 Å². The molecule has 4 nitrogen and oxygen atoms in total. The largest absolute Gasteiger partial charge is 0.278 e. The molecule has 0 saturated carbocycles. The van der Waals surface area contributed by atoms with Gasteiger partial charge >= 0.3 is 0 Å². The summed E-state index contributed by atoms with van der Waals surface area (Å²) in [4.78, 5) is 4.07. The number of hydrogen-bond acceptors (Lipinski definition) is 3. The van der Waals surface area contributed by atoms with Crippen molar-refractivity contribution in [2.75, 3.05) is 4.72 Å². The van der Waals surface area contributed by atoms with E-state index in [2.05, 4.69) is 23.6 Å². The minimum atomic E-state index is -3.60. The summed E-state index contributed by atoms with van der Waals surface area (Å²) in [6.07, 6.45) is 2.31. The topological polar surface area (TPSA) is 59.1 Å². The molecule has 0 amide bonds. The van der Waals surface area contributed by atoms with Crippen molar-refractivity contribution in [1.82, 2.24) is 4.98 Å². The normalized spacial score (nSPS) is 11.6. The Morgan fingerprint density at radius 3 is 2.33 bits per heavy atom. The summed E-state index contributed by atoms with van der Waals surface area (Å²) >= 11 is 5.67. The number of hydrogen-bond donors (Lipinski definition) is 1. The molecule has 0 aliphatic rings. The van der Waals surface area contributed by atoms with E-state index >= 15 is 0 Å². The van der Waals surface area contributed by atoms with Crippen LogP contribution in [0, 0.1) is 5.92 Å². The maximum Gasteiger partial charge on any atom is 0.261 e. The van der Waals surface area contributed by atoms with Crippen LogP contribution in [0.3, 0.4) is 0 Å². The zero-order chi connectivity index (χ0) is 15.5. The highest BCUT2D eigenvalue weighted by Gasteiger charge is 2.14. The van der Waals surface area contributed by atoms with Gasteiger partial charge in [0, 0.05) is 0 Å². The van der Waals surface area contributed by atoms with Gasteiger partial charge in [0.1, 0.15) is 5.15 Å². The van der Waals surface area contributed by atoms with Crippen LogP contribution in [0.5, 0.6) is 0 Å². The second kappa shape index (κ2) is 6.45. The van der Waals surface area contributed by atoms with Gasteiger partial charge in [-0.25, -0.2) is 13.4 Å². The SMILES string of the molecule is CC(C)Cc1ccc(S(=O)(=O)Nc2ccc(Cl)nc2)cc1. The van der Waals surface area contributed by atoms with E-state index in [0.29, 0.717) is 16.8 Å². The second-order valence-corrected chi connectivity index (χ2v) is 7.29. The highest BCUT2D eigenvalue weighted by molar-refractivity contribution is 7.92. The molecule has 21 heavy (non-hydrogen) atoms. The van der Waals surface area contributed by atoms with Gasteiger partial charge in [-0.2, -0.15) is 0 Å². The van der Waals surface area contributed by atoms with Gasteiger partial charge in [-0.05, 0) is 42.2 Å². The zero-order valence-corrected chi connectivity index (χ0v) is 13.4. The van der Waals surface area contributed by atoms with Gasteiger partial charge in [0.15, 0.2) is 0 Å². The summed E-state index contributed by atoms with van der Waals surface area (Å²) in [5, 5.41) is 0.316. The fourth-order valence-electron chi connectivity index (χ4n) is 1.93. The number of aromatic nitrogens is 1. The summed E-state index contributed by atoms with van der Waals surface area (Å²) in [7, 11) is -3.60. The maximum atomic E-state index is 12.2. The van der Waals surface area contributed by atoms with Crippen LogP contribution in [0.25, 0.3) is 0 Å². The van der Waals surface area contributed by atoms with Gasteiger partial charge < -0.3 is 0 Å². The van der Waals surface area contributed by atoms with E-state index in [1.54, 1.807) is 18.2 Å². The van der Waals surface area contributed by atoms with E-state index in [-0.39, 0.29) is 4.90 Å². The fraction of sp³-hybridized carbons (Fsp3) is 0.267. The molecule has 0 radical (unpaired) electrons. The van der Waals surface area contributed by atoms with Crippen molar-refractivity contribution in [3.05, 3.63) is 53.3 Å². The van der Waals surface area contributed by atoms with Crippen molar-refractivity contribution < 1.29 is 8.42 Å². The Hall–Kier alpha value is -1.59. The lowest BCUT2D eigenvalue weighted by Gasteiger charge is -2.09. The molecule has 1 aromatic heterocycles. The number of pyridine rings is 1. The van der Waals surface area contributed by atoms with Gasteiger partial charge in [0.05, 0.1) is 16.8 Å². The predicted octanol–water partition coefficient (Wildman–Crippen LogP) is 3.73. The molecule has 0 aliphatic heterocycles. The number of anilines is 1. The van der Waals surface area contributed by atoms with E-state index < -0.39 is 10.0 Å². The smallest absolute Gasteiger partial charge is 0.261 e. The van der Waals surface area contributed by atoms with Crippen molar-refractivity contribution in [2.45, 2.75) is 25.2 Å². The van der Waals surface area contributed by atoms with Gasteiger partial charge in [0.2, 0.25) is 0 Å². The Balaban J connectivity index is 2.17. The molecule has 0 fully saturated rings. The molecule has 0 unspecified atom stereocenters. The number of benzene rings is 1. The Labute approximate surface area is 130 Å². The first-order valence-electron chi connectivity index (χ1n) is 6.60. The summed E-state index contributed by atoms with van der Waals surface area (Å²) in [5.41, 5.74) is 1.50. The van der Waals surface area contributed by atoms with E-state index in [4.69, 9.17) is 11.6 Å². The first-order valence-corrected chi connectivity index (χ1v) is 8.46. The average molecular weight is 325 g/mol. The fourth-order valence-corrected chi connectivity index (χ4v) is 3.08. The van der Waals surface area contributed by atoms with Crippen LogP contribution >= 0.6 is 11.6 Å². The number of nitrogens with one attached hydrogen (secondary N) is 1. The Morgan fingerprint density at radius 1 is 1.14 bits per heavy atom. The molecule has 2 aromatic rings. The third-order valence-corrected chi connectivity index (χ3v) is 4.48. The molecule has 0 bridgehead atoms. The summed E-state index contributed by atoms with van der Waals surface area (Å²) < 4.78 is 27.0. The van der Waals surface area contributed by atoms with Crippen molar-refractivity contribution in [3.63, 3.8) is 0 Å². The first kappa shape index (κ1) is 15.8. The predicted molar refractivity (Wildman–Crippen MR) is 85.0 cm³/mol. The molecule has 0 atom stereocenters. The average Bonchev–Trinajstić information content (AvgIpc) is 2.41. The lowest BCUT2D eigenvalue weighted by molar-refractivity contribution is 0.601. The summed E-state index contributed by atoms with van der Waals surface area (Å²) in [6, 6.07) is 10.0. The van der Waals surface area contributed by atoms with E-state index in [0.717, 1.165) is 12.0 Å². The van der Waals surface area contributed by atoms with Crippen molar-refractivity contribution >= 4 is 27.3 Å². The summed E-state index contributed by atoms with van der Waals surface area (Å²) in [6.45, 7) is 4.25. The van der Waals surface area contributed by atoms with Gasteiger partial charge in [0.25, 0.3) is 10.0 Å². The molecule has 0 aliphatic carbocycles. The van der Waals surface area contributed by atoms with Gasteiger partial charge in [-0.15, -0.1) is 0 Å². The third kappa shape index (κ3) is 4.44. The molecule has 1 N–H and O–H groups in total. The highest BCUT2D eigenvalue weighted by atomic mass is 35.5. The van der Waals surface area contributed by atoms with Crippen LogP contribution in [0.2, 0.25) is 5.15 Å². The Kier molecular flexibility index (Phi) is 4.85. The van der Waals surface area contributed by atoms with E-state index in [1.807, 2.05) is 12.1 Å². The summed E-state index contributed by atoms with van der Waals surface area (Å²) in [5.74, 6) is 0.533. The quantitative estimate of drug-likeness (QED) is 0.852. The molecular weight excluding hydrogens is 308 g/mol. The number of halogens is 1. The van der Waals surface area contributed by atoms with E-state index in [9.17, 15) is 8.42 Å². The minimum Gasteiger partial charge on any atom is -0.278 e. The second-order valence-electron chi connectivity index (χ2n) is 5.22. The lowest BCUT2D eigenvalue weighted by atomic mass is 10.0. The minimum absolute atomic E-state index is 0.227. The zero-order valence-electron chi connectivity index (χ0n) is 11.9. The van der Waals surface area contributed by atoms with Crippen LogP contribution in [0.15, 0.2) is 47.5 Å². The molecule has 112 valence electrons. The standard InChI is InChI=1S/C15H17ClN2O2S/c1-11(2)9-12-3-6-14(7-4-12)21(19,20)18-13-5-8-15(16)17-10-13/h3-8,10-11,18H,9H2,1-2H3. The molecule has 2 rings (SSSR count). The van der Waals surface area contributed by atoms with Crippen LogP contribution in [-0.4, -0.2) is 13.4 Å². The third-order valence-electron chi connectivity index (χ3n) is 2.86. The molecular formula is C15H17ClN2O2S. The van der Waals surface area contributed by atoms with Gasteiger partial charge in [-0.1, -0.05) is 37.6 Å². The monoisotopic (exact) mass is 324 g/mol. The van der Waals surface area contributed by atoms with Crippen molar-refractivity contribution in [1.29, 1.82) is 0 Å². The molecule has 1 heterocycles. The van der Waals surface area contributed by atoms with Crippen LogP contribution in [-0.2, 0) is 16.4 Å². The Bertz CT molecular complexity index is 695. The van der Waals surface area contributed by atoms with Crippen LogP contribution in [0.4, 0.5) is 5.69 Å². The van der Waals surface area contributed by atoms with Crippen molar-refractivity contribution in [2.24, 2.45) is 5.92 Å². The maximum absolute atomic E-state index is 12.2. The van der Waals surface area contributed by atoms with Crippen LogP contribution < -0.4 is 4.72 Å². The molecule has 6 heteroatoms. The molecule has 1 aromatic carbocycles. The van der Waals surface area contributed by atoms with Crippen LogP contribution in [0.1, 0.15) is 19.4 Å².